The molecule has 4 N–H and O–H groups in total. The first-order chi connectivity index (χ1) is 17.1. The van der Waals surface area contributed by atoms with E-state index in [4.69, 9.17) is 5.73 Å². The summed E-state index contributed by atoms with van der Waals surface area (Å²) in [6.07, 6.45) is 1.52. The molecular weight excluding hydrogens is 465 g/mol. The zero-order valence-electron chi connectivity index (χ0n) is 20.8. The number of nitrogens with one attached hydrogen (secondary N) is 2. The molecule has 0 aliphatic carbocycles. The highest BCUT2D eigenvalue weighted by molar-refractivity contribution is 5.95. The molecule has 0 aliphatic heterocycles. The van der Waals surface area contributed by atoms with Gasteiger partial charge in [-0.25, -0.2) is 9.18 Å². The van der Waals surface area contributed by atoms with Crippen molar-refractivity contribution in [2.75, 3.05) is 29.0 Å². The number of nitrogen functional groups attached to an aromatic ring is 1. The van der Waals surface area contributed by atoms with E-state index in [1.165, 1.54) is 21.6 Å². The Balaban J connectivity index is 1.98. The van der Waals surface area contributed by atoms with E-state index in [1.54, 1.807) is 37.5 Å². The molecule has 0 saturated carbocycles. The number of hydrogen-bond donors (Lipinski definition) is 3. The summed E-state index contributed by atoms with van der Waals surface area (Å²) in [6, 6.07) is 7.82. The van der Waals surface area contributed by atoms with E-state index < -0.39 is 23.0 Å². The van der Waals surface area contributed by atoms with E-state index >= 15 is 0 Å². The number of amides is 1. The summed E-state index contributed by atoms with van der Waals surface area (Å²) in [5.41, 5.74) is 7.19. The Morgan fingerprint density at radius 1 is 1.22 bits per heavy atom. The summed E-state index contributed by atoms with van der Waals surface area (Å²) in [4.78, 5) is 41.8. The molecule has 0 aliphatic rings. The fourth-order valence-electron chi connectivity index (χ4n) is 4.09. The Morgan fingerprint density at radius 2 is 1.89 bits per heavy atom. The Bertz CT molecular complexity index is 1430. The van der Waals surface area contributed by atoms with Crippen molar-refractivity contribution in [1.29, 1.82) is 5.26 Å². The molecule has 10 nitrogen and oxygen atoms in total. The third kappa shape index (κ3) is 5.02. The van der Waals surface area contributed by atoms with Crippen LogP contribution in [0.25, 0.3) is 5.69 Å². The lowest BCUT2D eigenvalue weighted by Crippen LogP contribution is -2.41. The van der Waals surface area contributed by atoms with E-state index in [0.29, 0.717) is 29.9 Å². The van der Waals surface area contributed by atoms with Crippen LogP contribution in [0.2, 0.25) is 0 Å². The van der Waals surface area contributed by atoms with Crippen LogP contribution in [0.4, 0.5) is 21.7 Å². The minimum atomic E-state index is -0.681. The number of anilines is 3. The standard InChI is InChI=1S/C25H30FN7O3/c1-5-7-12-32-22(28)21(24(35)30-25(32)36)31(6-2)14-20(34)29-23-19(13-27)15(3)16(4)33(23)18-10-8-17(26)9-11-18/h8-11H,5-7,12,14,28H2,1-4H3,(H,29,34)(H,30,35,36). The maximum atomic E-state index is 13.5. The molecule has 3 aromatic rings. The Morgan fingerprint density at radius 3 is 2.47 bits per heavy atom. The summed E-state index contributed by atoms with van der Waals surface area (Å²) in [5, 5.41) is 12.6. The molecule has 0 radical (unpaired) electrons. The van der Waals surface area contributed by atoms with Crippen LogP contribution >= 0.6 is 0 Å². The molecular formula is C25H30FN7O3. The second-order valence-electron chi connectivity index (χ2n) is 8.42. The fourth-order valence-corrected chi connectivity index (χ4v) is 4.09. The number of nitrogens with zero attached hydrogens (tertiary/aromatic N) is 4. The molecule has 36 heavy (non-hydrogen) atoms. The molecule has 3 rings (SSSR count). The van der Waals surface area contributed by atoms with E-state index in [-0.39, 0.29) is 36.0 Å². The van der Waals surface area contributed by atoms with Crippen molar-refractivity contribution in [2.45, 2.75) is 47.1 Å². The highest BCUT2D eigenvalue weighted by Crippen LogP contribution is 2.30. The first-order valence-electron chi connectivity index (χ1n) is 11.7. The van der Waals surface area contributed by atoms with Gasteiger partial charge >= 0.3 is 5.69 Å². The predicted octanol–water partition coefficient (Wildman–Crippen LogP) is 2.80. The third-order valence-corrected chi connectivity index (χ3v) is 6.15. The lowest BCUT2D eigenvalue weighted by atomic mass is 10.2. The first kappa shape index (κ1) is 26.3. The number of unbranched alkanes of at least 4 members (excludes halogenated alkanes) is 1. The molecule has 2 aromatic heterocycles. The Kier molecular flexibility index (Phi) is 7.99. The van der Waals surface area contributed by atoms with Crippen molar-refractivity contribution in [1.82, 2.24) is 14.1 Å². The highest BCUT2D eigenvalue weighted by Gasteiger charge is 2.24. The largest absolute Gasteiger partial charge is 0.383 e. The van der Waals surface area contributed by atoms with Crippen LogP contribution in [0.3, 0.4) is 0 Å². The molecule has 0 saturated heterocycles. The average Bonchev–Trinajstić information content (AvgIpc) is 3.07. The summed E-state index contributed by atoms with van der Waals surface area (Å²) in [6.45, 7) is 7.63. The van der Waals surface area contributed by atoms with Gasteiger partial charge in [0.2, 0.25) is 5.91 Å². The van der Waals surface area contributed by atoms with Crippen molar-refractivity contribution in [2.24, 2.45) is 0 Å². The molecule has 2 heterocycles. The molecule has 0 spiro atoms. The maximum Gasteiger partial charge on any atom is 0.330 e. The van der Waals surface area contributed by atoms with Gasteiger partial charge < -0.3 is 16.0 Å². The van der Waals surface area contributed by atoms with Gasteiger partial charge in [-0.3, -0.25) is 23.7 Å². The molecule has 0 unspecified atom stereocenters. The lowest BCUT2D eigenvalue weighted by molar-refractivity contribution is -0.115. The van der Waals surface area contributed by atoms with E-state index in [0.717, 1.165) is 6.42 Å². The van der Waals surface area contributed by atoms with Crippen LogP contribution in [-0.4, -0.2) is 33.1 Å². The zero-order chi connectivity index (χ0) is 26.6. The van der Waals surface area contributed by atoms with Gasteiger partial charge in [-0.15, -0.1) is 0 Å². The number of carbonyl (C=O) groups excluding carboxylic acids is 1. The number of hydrogen-bond acceptors (Lipinski definition) is 6. The molecule has 0 fully saturated rings. The molecule has 190 valence electrons. The Hall–Kier alpha value is -4.33. The molecule has 1 aromatic carbocycles. The van der Waals surface area contributed by atoms with Crippen LogP contribution in [0.15, 0.2) is 33.9 Å². The van der Waals surface area contributed by atoms with E-state index in [1.807, 2.05) is 6.92 Å². The van der Waals surface area contributed by atoms with Gasteiger partial charge in [0.1, 0.15) is 29.2 Å². The number of rotatable bonds is 9. The SMILES string of the molecule is CCCCn1c(N)c(N(CC)CC(=O)Nc2c(C#N)c(C)c(C)n2-c2ccc(F)cc2)c(=O)[nH]c1=O. The van der Waals surface area contributed by atoms with Gasteiger partial charge in [0.05, 0.1) is 12.1 Å². The topological polar surface area (TPSA) is 142 Å². The first-order valence-corrected chi connectivity index (χ1v) is 11.7. The van der Waals surface area contributed by atoms with Crippen molar-refractivity contribution in [3.05, 3.63) is 67.7 Å². The second-order valence-corrected chi connectivity index (χ2v) is 8.42. The van der Waals surface area contributed by atoms with Gasteiger partial charge in [-0.1, -0.05) is 13.3 Å². The summed E-state index contributed by atoms with van der Waals surface area (Å²) in [5.74, 6) is -0.673. The minimum absolute atomic E-state index is 0.00839. The molecule has 1 amide bonds. The normalized spacial score (nSPS) is 10.8. The summed E-state index contributed by atoms with van der Waals surface area (Å²) >= 11 is 0. The van der Waals surface area contributed by atoms with Crippen molar-refractivity contribution < 1.29 is 9.18 Å². The van der Waals surface area contributed by atoms with Crippen LogP contribution in [-0.2, 0) is 11.3 Å². The Labute approximate surface area is 207 Å². The summed E-state index contributed by atoms with van der Waals surface area (Å²) in [7, 11) is 0. The van der Waals surface area contributed by atoms with Gasteiger partial charge in [0.25, 0.3) is 5.56 Å². The van der Waals surface area contributed by atoms with Gasteiger partial charge in [-0.2, -0.15) is 5.26 Å². The average molecular weight is 496 g/mol. The van der Waals surface area contributed by atoms with E-state index in [2.05, 4.69) is 16.4 Å². The van der Waals surface area contributed by atoms with Crippen molar-refractivity contribution >= 4 is 23.2 Å². The highest BCUT2D eigenvalue weighted by atomic mass is 19.1. The number of halogens is 1. The molecule has 0 bridgehead atoms. The fraction of sp³-hybridized carbons (Fsp3) is 0.360. The zero-order valence-corrected chi connectivity index (χ0v) is 20.8. The van der Waals surface area contributed by atoms with Crippen LogP contribution in [0.1, 0.15) is 43.5 Å². The van der Waals surface area contributed by atoms with Gasteiger partial charge in [0.15, 0.2) is 0 Å². The van der Waals surface area contributed by atoms with Crippen LogP contribution in [0, 0.1) is 31.0 Å². The lowest BCUT2D eigenvalue weighted by Gasteiger charge is -2.24. The number of likely N-dealkylation sites (N-methyl/N-ethyl adjacent to an activating group) is 1. The van der Waals surface area contributed by atoms with E-state index in [9.17, 15) is 24.0 Å². The van der Waals surface area contributed by atoms with Gasteiger partial charge in [0, 0.05) is 24.5 Å². The second kappa shape index (κ2) is 10.9. The number of aromatic nitrogens is 3. The monoisotopic (exact) mass is 495 g/mol. The summed E-state index contributed by atoms with van der Waals surface area (Å²) < 4.78 is 16.5. The van der Waals surface area contributed by atoms with Crippen LogP contribution < -0.4 is 27.2 Å². The maximum absolute atomic E-state index is 13.5. The van der Waals surface area contributed by atoms with Gasteiger partial charge in [-0.05, 0) is 57.0 Å². The predicted molar refractivity (Wildman–Crippen MR) is 137 cm³/mol. The van der Waals surface area contributed by atoms with Crippen LogP contribution in [0.5, 0.6) is 0 Å². The number of H-pyrrole nitrogens is 1. The number of aromatic amines is 1. The number of nitrogens with two attached hydrogens (primary N) is 1. The minimum Gasteiger partial charge on any atom is -0.383 e. The number of nitriles is 1. The smallest absolute Gasteiger partial charge is 0.330 e. The third-order valence-electron chi connectivity index (χ3n) is 6.15. The van der Waals surface area contributed by atoms with Crippen molar-refractivity contribution in [3.63, 3.8) is 0 Å². The van der Waals surface area contributed by atoms with Crippen molar-refractivity contribution in [3.8, 4) is 11.8 Å². The number of carbonyl (C=O) groups is 1. The quantitative estimate of drug-likeness (QED) is 0.417. The number of benzene rings is 1. The molecule has 0 atom stereocenters. The molecule has 11 heteroatoms.